The topological polar surface area (TPSA) is 122 Å². The van der Waals surface area contributed by atoms with Gasteiger partial charge in [-0.25, -0.2) is 9.37 Å². The molecular weight excluding hydrogens is 594 g/mol. The number of aliphatic hydroxyl groups is 2. The summed E-state index contributed by atoms with van der Waals surface area (Å²) in [4.78, 5) is 30.4. The standard InChI is InChI=1S/C32H29F4N5O4/c1-31(2,3)20-10-18-14-38-41(30(45)27(18)23(33)12-20)25-7-5-6-21(22(25)16-42)19-11-24(29(44)40(4)15-19)39-26-9-8-17(13-37-26)28(43)32(34,35)36/h5-15,28,42-43H,16H2,1-4H3,(H,37,39). The molecule has 0 radical (unpaired) electrons. The molecule has 5 rings (SSSR count). The summed E-state index contributed by atoms with van der Waals surface area (Å²) in [6, 6.07) is 11.6. The van der Waals surface area contributed by atoms with E-state index in [0.29, 0.717) is 22.1 Å². The van der Waals surface area contributed by atoms with Crippen LogP contribution in [-0.2, 0) is 19.1 Å². The van der Waals surface area contributed by atoms with E-state index in [0.717, 1.165) is 16.9 Å². The molecule has 5 aromatic rings. The van der Waals surface area contributed by atoms with Gasteiger partial charge in [-0.15, -0.1) is 0 Å². The maximum atomic E-state index is 15.3. The molecule has 0 amide bonds. The fourth-order valence-corrected chi connectivity index (χ4v) is 4.96. The summed E-state index contributed by atoms with van der Waals surface area (Å²) in [6.45, 7) is 5.24. The third kappa shape index (κ3) is 6.08. The first kappa shape index (κ1) is 31.5. The minimum atomic E-state index is -4.86. The Bertz CT molecular complexity index is 2030. The quantitative estimate of drug-likeness (QED) is 0.216. The van der Waals surface area contributed by atoms with Crippen molar-refractivity contribution < 1.29 is 27.8 Å². The normalized spacial score (nSPS) is 12.8. The molecule has 45 heavy (non-hydrogen) atoms. The Labute approximate surface area is 254 Å². The number of nitrogens with zero attached hydrogens (tertiary/aromatic N) is 4. The maximum absolute atomic E-state index is 15.3. The summed E-state index contributed by atoms with van der Waals surface area (Å²) < 4.78 is 56.1. The molecule has 0 aliphatic rings. The SMILES string of the molecule is Cn1cc(-c2cccc(-n3ncc4cc(C(C)(C)C)cc(F)c4c3=O)c2CO)cc(Nc2ccc(C(O)C(F)(F)F)cn2)c1=O. The second-order valence-electron chi connectivity index (χ2n) is 11.6. The van der Waals surface area contributed by atoms with Crippen molar-refractivity contribution in [2.75, 3.05) is 5.32 Å². The van der Waals surface area contributed by atoms with E-state index in [4.69, 9.17) is 0 Å². The highest BCUT2D eigenvalue weighted by atomic mass is 19.4. The smallest absolute Gasteiger partial charge is 0.392 e. The number of hydrogen-bond donors (Lipinski definition) is 3. The van der Waals surface area contributed by atoms with Crippen LogP contribution in [0.4, 0.5) is 29.1 Å². The number of benzene rings is 2. The van der Waals surface area contributed by atoms with Crippen molar-refractivity contribution in [1.82, 2.24) is 19.3 Å². The van der Waals surface area contributed by atoms with Gasteiger partial charge in [-0.05, 0) is 46.9 Å². The molecule has 3 N–H and O–H groups in total. The van der Waals surface area contributed by atoms with Crippen molar-refractivity contribution in [2.45, 2.75) is 45.1 Å². The largest absolute Gasteiger partial charge is 0.418 e. The number of aromatic nitrogens is 4. The van der Waals surface area contributed by atoms with Gasteiger partial charge in [-0.2, -0.15) is 23.0 Å². The average molecular weight is 624 g/mol. The molecule has 0 aliphatic carbocycles. The van der Waals surface area contributed by atoms with Crippen molar-refractivity contribution >= 4 is 22.3 Å². The monoisotopic (exact) mass is 623 g/mol. The van der Waals surface area contributed by atoms with E-state index in [-0.39, 0.29) is 33.6 Å². The number of alkyl halides is 3. The van der Waals surface area contributed by atoms with Crippen LogP contribution >= 0.6 is 0 Å². The van der Waals surface area contributed by atoms with Crippen LogP contribution in [0.1, 0.15) is 43.6 Å². The summed E-state index contributed by atoms with van der Waals surface area (Å²) in [5.74, 6) is -0.648. The van der Waals surface area contributed by atoms with Crippen LogP contribution in [-0.4, -0.2) is 35.7 Å². The molecular formula is C32H29F4N5O4. The van der Waals surface area contributed by atoms with Gasteiger partial charge >= 0.3 is 6.18 Å². The summed E-state index contributed by atoms with van der Waals surface area (Å²) in [5, 5.41) is 27.2. The lowest BCUT2D eigenvalue weighted by atomic mass is 9.86. The molecule has 0 saturated carbocycles. The van der Waals surface area contributed by atoms with Crippen molar-refractivity contribution in [3.63, 3.8) is 0 Å². The van der Waals surface area contributed by atoms with E-state index < -0.39 is 41.4 Å². The van der Waals surface area contributed by atoms with E-state index in [2.05, 4.69) is 15.4 Å². The van der Waals surface area contributed by atoms with Gasteiger partial charge in [0.25, 0.3) is 11.1 Å². The summed E-state index contributed by atoms with van der Waals surface area (Å²) in [7, 11) is 1.49. The molecule has 0 aliphatic heterocycles. The van der Waals surface area contributed by atoms with Gasteiger partial charge in [0.1, 0.15) is 17.3 Å². The highest BCUT2D eigenvalue weighted by Gasteiger charge is 2.39. The molecule has 3 aromatic heterocycles. The van der Waals surface area contributed by atoms with E-state index >= 15 is 4.39 Å². The van der Waals surface area contributed by atoms with Crippen LogP contribution < -0.4 is 16.4 Å². The van der Waals surface area contributed by atoms with Crippen LogP contribution in [0.5, 0.6) is 0 Å². The Balaban J connectivity index is 1.57. The van der Waals surface area contributed by atoms with Gasteiger partial charge in [0.05, 0.1) is 23.9 Å². The van der Waals surface area contributed by atoms with Gasteiger partial charge in [-0.1, -0.05) is 39.0 Å². The molecule has 0 bridgehead atoms. The molecule has 0 fully saturated rings. The lowest BCUT2D eigenvalue weighted by Gasteiger charge is -2.20. The van der Waals surface area contributed by atoms with Crippen molar-refractivity contribution in [1.29, 1.82) is 0 Å². The van der Waals surface area contributed by atoms with Crippen molar-refractivity contribution in [3.8, 4) is 16.8 Å². The number of pyridine rings is 2. The minimum Gasteiger partial charge on any atom is -0.392 e. The van der Waals surface area contributed by atoms with E-state index in [1.807, 2.05) is 20.8 Å². The first-order valence-electron chi connectivity index (χ1n) is 13.7. The van der Waals surface area contributed by atoms with Gasteiger partial charge < -0.3 is 20.1 Å². The van der Waals surface area contributed by atoms with Gasteiger partial charge in [0.2, 0.25) is 0 Å². The molecule has 13 heteroatoms. The Morgan fingerprint density at radius 1 is 1.00 bits per heavy atom. The molecule has 0 saturated heterocycles. The van der Waals surface area contributed by atoms with E-state index in [1.54, 1.807) is 24.3 Å². The number of aliphatic hydroxyl groups excluding tert-OH is 2. The molecule has 3 heterocycles. The zero-order valence-electron chi connectivity index (χ0n) is 24.6. The minimum absolute atomic E-state index is 0.0126. The third-order valence-electron chi connectivity index (χ3n) is 7.41. The Morgan fingerprint density at radius 3 is 2.36 bits per heavy atom. The fourth-order valence-electron chi connectivity index (χ4n) is 4.96. The number of rotatable bonds is 6. The third-order valence-corrected chi connectivity index (χ3v) is 7.41. The molecule has 1 atom stereocenters. The van der Waals surface area contributed by atoms with E-state index in [9.17, 15) is 33.0 Å². The Morgan fingerprint density at radius 2 is 1.73 bits per heavy atom. The Hall–Kier alpha value is -4.88. The molecule has 234 valence electrons. The van der Waals surface area contributed by atoms with Crippen LogP contribution in [0.15, 0.2) is 76.7 Å². The maximum Gasteiger partial charge on any atom is 0.418 e. The number of halogens is 4. The lowest BCUT2D eigenvalue weighted by Crippen LogP contribution is -2.24. The van der Waals surface area contributed by atoms with Gasteiger partial charge in [-0.3, -0.25) is 9.59 Å². The number of nitrogens with one attached hydrogen (secondary N) is 1. The molecule has 2 aromatic carbocycles. The summed E-state index contributed by atoms with van der Waals surface area (Å²) in [5.41, 5.74) is 0.0207. The van der Waals surface area contributed by atoms with E-state index in [1.165, 1.54) is 42.2 Å². The van der Waals surface area contributed by atoms with Gasteiger partial charge in [0, 0.05) is 41.5 Å². The predicted octanol–water partition coefficient (Wildman–Crippen LogP) is 5.41. The second-order valence-corrected chi connectivity index (χ2v) is 11.6. The van der Waals surface area contributed by atoms with Gasteiger partial charge in [0.15, 0.2) is 6.10 Å². The Kier molecular flexibility index (Phi) is 8.10. The number of fused-ring (bicyclic) bond motifs is 1. The van der Waals surface area contributed by atoms with Crippen molar-refractivity contribution in [2.24, 2.45) is 7.05 Å². The highest BCUT2D eigenvalue weighted by Crippen LogP contribution is 2.33. The second kappa shape index (κ2) is 11.6. The van der Waals surface area contributed by atoms with Crippen LogP contribution in [0.25, 0.3) is 27.6 Å². The van der Waals surface area contributed by atoms with Crippen LogP contribution in [0.2, 0.25) is 0 Å². The zero-order chi connectivity index (χ0) is 32.8. The van der Waals surface area contributed by atoms with Crippen LogP contribution in [0, 0.1) is 5.82 Å². The molecule has 0 spiro atoms. The average Bonchev–Trinajstić information content (AvgIpc) is 2.98. The lowest BCUT2D eigenvalue weighted by molar-refractivity contribution is -0.206. The number of aryl methyl sites for hydroxylation is 1. The molecule has 1 unspecified atom stereocenters. The summed E-state index contributed by atoms with van der Waals surface area (Å²) >= 11 is 0. The highest BCUT2D eigenvalue weighted by molar-refractivity contribution is 5.83. The first-order valence-corrected chi connectivity index (χ1v) is 13.7. The zero-order valence-corrected chi connectivity index (χ0v) is 24.6. The first-order chi connectivity index (χ1) is 21.1. The number of hydrogen-bond acceptors (Lipinski definition) is 7. The van der Waals surface area contributed by atoms with Crippen molar-refractivity contribution in [3.05, 3.63) is 110 Å². The van der Waals surface area contributed by atoms with Crippen LogP contribution in [0.3, 0.4) is 0 Å². The fraction of sp³-hybridized carbons (Fsp3) is 0.250. The number of anilines is 2. The molecule has 9 nitrogen and oxygen atoms in total. The predicted molar refractivity (Wildman–Crippen MR) is 161 cm³/mol. The summed E-state index contributed by atoms with van der Waals surface area (Å²) in [6.07, 6.45) is -3.82.